The van der Waals surface area contributed by atoms with Crippen LogP contribution in [0.2, 0.25) is 0 Å². The van der Waals surface area contributed by atoms with Gasteiger partial charge in [-0.2, -0.15) is 5.26 Å². The van der Waals surface area contributed by atoms with E-state index in [0.29, 0.717) is 24.7 Å². The van der Waals surface area contributed by atoms with Gasteiger partial charge in [-0.05, 0) is 83.1 Å². The third-order valence-electron chi connectivity index (χ3n) is 7.46. The first-order valence-corrected chi connectivity index (χ1v) is 15.1. The molecule has 9 heteroatoms. The lowest BCUT2D eigenvalue weighted by Crippen LogP contribution is -2.40. The van der Waals surface area contributed by atoms with Crippen molar-refractivity contribution in [2.45, 2.75) is 95.7 Å². The molecular weight excluding hydrogens is 500 g/mol. The molecule has 4 rings (SSSR count). The summed E-state index contributed by atoms with van der Waals surface area (Å²) in [5, 5.41) is 13.1. The maximum absolute atomic E-state index is 13.4. The molecule has 2 aliphatic rings. The lowest BCUT2D eigenvalue weighted by molar-refractivity contribution is 0.0696. The summed E-state index contributed by atoms with van der Waals surface area (Å²) in [5.74, 6) is 0.415. The summed E-state index contributed by atoms with van der Waals surface area (Å²) in [4.78, 5) is 13.3. The average molecular weight is 541 g/mol. The number of aromatic nitrogens is 1. The minimum Gasteiger partial charge on any atom is -0.381 e. The van der Waals surface area contributed by atoms with Gasteiger partial charge in [-0.3, -0.25) is 4.79 Å². The molecule has 0 radical (unpaired) electrons. The number of hydrogen-bond acceptors (Lipinski definition) is 5. The van der Waals surface area contributed by atoms with Crippen LogP contribution in [0.25, 0.3) is 11.3 Å². The van der Waals surface area contributed by atoms with E-state index in [1.165, 1.54) is 25.3 Å². The molecule has 0 bridgehead atoms. The van der Waals surface area contributed by atoms with E-state index in [1.807, 2.05) is 13.0 Å². The maximum Gasteiger partial charge on any atom is 0.253 e. The van der Waals surface area contributed by atoms with Crippen LogP contribution in [0.1, 0.15) is 87.3 Å². The molecule has 1 saturated carbocycles. The highest BCUT2D eigenvalue weighted by molar-refractivity contribution is 7.89. The quantitative estimate of drug-likeness (QED) is 0.519. The molecule has 1 saturated heterocycles. The number of hydrogen-bond donors (Lipinski definition) is 2. The summed E-state index contributed by atoms with van der Waals surface area (Å²) >= 11 is 0. The molecule has 1 aliphatic heterocycles. The topological polar surface area (TPSA) is 113 Å². The minimum absolute atomic E-state index is 0.0433. The zero-order valence-corrected chi connectivity index (χ0v) is 23.8. The fourth-order valence-corrected chi connectivity index (χ4v) is 7.11. The fourth-order valence-electron chi connectivity index (χ4n) is 5.55. The SMILES string of the molecule is Cc1c(C(=O)NC2CCOCC2)cc(-c2ccc(S(=O)(=O)NC(C)(C)C)c(C#N)c2)n1CC1CCCCC1. The van der Waals surface area contributed by atoms with Gasteiger partial charge in [-0.25, -0.2) is 13.1 Å². The number of ether oxygens (including phenoxy) is 1. The van der Waals surface area contributed by atoms with Gasteiger partial charge >= 0.3 is 0 Å². The fraction of sp³-hybridized carbons (Fsp3) is 0.586. The Kier molecular flexibility index (Phi) is 8.65. The second kappa shape index (κ2) is 11.6. The molecule has 1 aromatic carbocycles. The summed E-state index contributed by atoms with van der Waals surface area (Å²) in [6.45, 7) is 9.35. The van der Waals surface area contributed by atoms with E-state index in [1.54, 1.807) is 32.9 Å². The van der Waals surface area contributed by atoms with Crippen molar-refractivity contribution in [1.82, 2.24) is 14.6 Å². The number of amides is 1. The molecule has 8 nitrogen and oxygen atoms in total. The Hall–Kier alpha value is -2.67. The van der Waals surface area contributed by atoms with Gasteiger partial charge < -0.3 is 14.6 Å². The highest BCUT2D eigenvalue weighted by atomic mass is 32.2. The highest BCUT2D eigenvalue weighted by Crippen LogP contribution is 2.33. The van der Waals surface area contributed by atoms with Crippen LogP contribution in [0.4, 0.5) is 0 Å². The first-order valence-electron chi connectivity index (χ1n) is 13.7. The molecule has 0 unspecified atom stereocenters. The van der Waals surface area contributed by atoms with Crippen molar-refractivity contribution in [3.05, 3.63) is 41.1 Å². The van der Waals surface area contributed by atoms with Gasteiger partial charge in [0.05, 0.1) is 16.0 Å². The van der Waals surface area contributed by atoms with Crippen molar-refractivity contribution in [2.24, 2.45) is 5.92 Å². The van der Waals surface area contributed by atoms with Crippen LogP contribution in [0.5, 0.6) is 0 Å². The number of benzene rings is 1. The molecule has 2 heterocycles. The molecule has 2 N–H and O–H groups in total. The number of nitrogens with zero attached hydrogens (tertiary/aromatic N) is 2. The van der Waals surface area contributed by atoms with Crippen molar-refractivity contribution < 1.29 is 17.9 Å². The normalized spacial score (nSPS) is 17.8. The number of sulfonamides is 1. The lowest BCUT2D eigenvalue weighted by atomic mass is 9.89. The molecule has 1 amide bonds. The van der Waals surface area contributed by atoms with E-state index in [4.69, 9.17) is 4.74 Å². The third-order valence-corrected chi connectivity index (χ3v) is 9.28. The summed E-state index contributed by atoms with van der Waals surface area (Å²) in [5.41, 5.74) is 2.46. The maximum atomic E-state index is 13.4. The molecule has 1 aromatic heterocycles. The van der Waals surface area contributed by atoms with Gasteiger partial charge in [-0.15, -0.1) is 0 Å². The summed E-state index contributed by atoms with van der Waals surface area (Å²) in [7, 11) is -3.88. The van der Waals surface area contributed by atoms with Crippen molar-refractivity contribution in [3.8, 4) is 17.3 Å². The van der Waals surface area contributed by atoms with E-state index >= 15 is 0 Å². The van der Waals surface area contributed by atoms with Gasteiger partial charge in [0.15, 0.2) is 0 Å². The lowest BCUT2D eigenvalue weighted by Gasteiger charge is -2.25. The Bertz CT molecular complexity index is 1310. The molecule has 0 atom stereocenters. The number of nitrogens with one attached hydrogen (secondary N) is 2. The van der Waals surface area contributed by atoms with Gasteiger partial charge in [0.25, 0.3) is 5.91 Å². The van der Waals surface area contributed by atoms with Crippen LogP contribution in [0.15, 0.2) is 29.2 Å². The predicted octanol–water partition coefficient (Wildman–Crippen LogP) is 4.90. The van der Waals surface area contributed by atoms with Gasteiger partial charge in [0.1, 0.15) is 6.07 Å². The standard InChI is InChI=1S/C29H40N4O4S/c1-20-25(28(34)31-24-12-14-37-15-13-24)17-26(33(20)19-21-8-6-5-7-9-21)22-10-11-27(23(16-22)18-30)38(35,36)32-29(2,3)4/h10-11,16-17,21,24,32H,5-9,12-15,19H2,1-4H3,(H,31,34). The molecular formula is C29H40N4O4S. The van der Waals surface area contributed by atoms with Crippen molar-refractivity contribution in [2.75, 3.05) is 13.2 Å². The second-order valence-corrected chi connectivity index (χ2v) is 13.3. The number of carbonyl (C=O) groups is 1. The van der Waals surface area contributed by atoms with E-state index in [2.05, 4.69) is 20.7 Å². The van der Waals surface area contributed by atoms with Crippen LogP contribution in [-0.4, -0.2) is 43.7 Å². The first-order chi connectivity index (χ1) is 18.0. The Morgan fingerprint density at radius 1 is 1.11 bits per heavy atom. The number of rotatable bonds is 7. The summed E-state index contributed by atoms with van der Waals surface area (Å²) in [6.07, 6.45) is 7.58. The molecule has 2 fully saturated rings. The van der Waals surface area contributed by atoms with Crippen LogP contribution < -0.4 is 10.0 Å². The minimum atomic E-state index is -3.88. The van der Waals surface area contributed by atoms with Crippen LogP contribution in [0.3, 0.4) is 0 Å². The van der Waals surface area contributed by atoms with Crippen molar-refractivity contribution in [1.29, 1.82) is 5.26 Å². The molecule has 206 valence electrons. The predicted molar refractivity (Wildman–Crippen MR) is 147 cm³/mol. The highest BCUT2D eigenvalue weighted by Gasteiger charge is 2.27. The van der Waals surface area contributed by atoms with Crippen LogP contribution in [-0.2, 0) is 21.3 Å². The summed E-state index contributed by atoms with van der Waals surface area (Å²) in [6, 6.07) is 8.93. The zero-order valence-electron chi connectivity index (χ0n) is 23.0. The number of carbonyl (C=O) groups excluding carboxylic acids is 1. The largest absolute Gasteiger partial charge is 0.381 e. The first kappa shape index (κ1) is 28.3. The molecule has 2 aromatic rings. The Morgan fingerprint density at radius 2 is 1.79 bits per heavy atom. The van der Waals surface area contributed by atoms with E-state index in [9.17, 15) is 18.5 Å². The van der Waals surface area contributed by atoms with E-state index in [-0.39, 0.29) is 22.4 Å². The third kappa shape index (κ3) is 6.66. The molecule has 38 heavy (non-hydrogen) atoms. The Labute approximate surface area is 226 Å². The molecule has 0 spiro atoms. The molecule has 1 aliphatic carbocycles. The van der Waals surface area contributed by atoms with Crippen molar-refractivity contribution in [3.63, 3.8) is 0 Å². The zero-order chi connectivity index (χ0) is 27.5. The second-order valence-electron chi connectivity index (χ2n) is 11.7. The monoisotopic (exact) mass is 540 g/mol. The summed E-state index contributed by atoms with van der Waals surface area (Å²) < 4.78 is 36.3. The van der Waals surface area contributed by atoms with Gasteiger partial charge in [0.2, 0.25) is 10.0 Å². The van der Waals surface area contributed by atoms with E-state index in [0.717, 1.165) is 49.2 Å². The van der Waals surface area contributed by atoms with Crippen LogP contribution in [0, 0.1) is 24.2 Å². The van der Waals surface area contributed by atoms with Gasteiger partial charge in [-0.1, -0.05) is 25.3 Å². The van der Waals surface area contributed by atoms with Crippen molar-refractivity contribution >= 4 is 15.9 Å². The average Bonchev–Trinajstić information content (AvgIpc) is 3.19. The van der Waals surface area contributed by atoms with Crippen LogP contribution >= 0.6 is 0 Å². The van der Waals surface area contributed by atoms with Gasteiger partial charge in [0, 0.05) is 42.7 Å². The van der Waals surface area contributed by atoms with E-state index < -0.39 is 15.6 Å². The Morgan fingerprint density at radius 3 is 2.42 bits per heavy atom. The smallest absolute Gasteiger partial charge is 0.253 e. The Balaban J connectivity index is 1.73. The number of nitriles is 1.